The van der Waals surface area contributed by atoms with E-state index in [4.69, 9.17) is 15.8 Å². The molecule has 1 unspecified atom stereocenters. The van der Waals surface area contributed by atoms with Gasteiger partial charge in [0.25, 0.3) is 16.0 Å². The SMILES string of the molecule is CN(C)CCCCn1c(C(=O)N2CCN(c3ccccc3Cl)CC2OS(C)(=O)=O)c(C(c2ccc(O)cc2)c2ccc(O)cc2)c2ccccc21. The molecule has 0 radical (unpaired) electrons. The molecule has 1 aliphatic heterocycles. The van der Waals surface area contributed by atoms with E-state index in [2.05, 4.69) is 9.47 Å². The second-order valence-electron chi connectivity index (χ2n) is 13.2. The molecule has 1 saturated heterocycles. The molecule has 12 heteroatoms. The summed E-state index contributed by atoms with van der Waals surface area (Å²) in [5, 5.41) is 21.8. The van der Waals surface area contributed by atoms with E-state index in [1.165, 1.54) is 4.90 Å². The van der Waals surface area contributed by atoms with Crippen molar-refractivity contribution in [1.29, 1.82) is 0 Å². The number of aromatic hydroxyl groups is 2. The third kappa shape index (κ3) is 8.18. The van der Waals surface area contributed by atoms with Gasteiger partial charge in [0.2, 0.25) is 0 Å². The van der Waals surface area contributed by atoms with Crippen molar-refractivity contribution in [2.45, 2.75) is 31.5 Å². The second kappa shape index (κ2) is 15.4. The minimum Gasteiger partial charge on any atom is -0.508 e. The summed E-state index contributed by atoms with van der Waals surface area (Å²) in [4.78, 5) is 20.9. The van der Waals surface area contributed by atoms with Crippen LogP contribution in [0.3, 0.4) is 0 Å². The average molecular weight is 731 g/mol. The molecule has 6 rings (SSSR count). The predicted molar refractivity (Wildman–Crippen MR) is 201 cm³/mol. The summed E-state index contributed by atoms with van der Waals surface area (Å²) in [7, 11) is 0.0784. The molecule has 268 valence electrons. The summed E-state index contributed by atoms with van der Waals surface area (Å²) < 4.78 is 33.1. The lowest BCUT2D eigenvalue weighted by molar-refractivity contribution is 0.0190. The third-order valence-corrected chi connectivity index (χ3v) is 10.2. The summed E-state index contributed by atoms with van der Waals surface area (Å²) >= 11 is 6.55. The molecular formula is C39H43ClN4O6S. The van der Waals surface area contributed by atoms with Crippen molar-refractivity contribution in [2.24, 2.45) is 0 Å². The Morgan fingerprint density at radius 1 is 0.882 bits per heavy atom. The van der Waals surface area contributed by atoms with Gasteiger partial charge in [0, 0.05) is 42.0 Å². The summed E-state index contributed by atoms with van der Waals surface area (Å²) in [6.07, 6.45) is 1.55. The van der Waals surface area contributed by atoms with Gasteiger partial charge in [-0.15, -0.1) is 0 Å². The molecule has 0 saturated carbocycles. The fourth-order valence-electron chi connectivity index (χ4n) is 6.97. The lowest BCUT2D eigenvalue weighted by Crippen LogP contribution is -2.57. The summed E-state index contributed by atoms with van der Waals surface area (Å²) in [5.41, 5.74) is 4.43. The van der Waals surface area contributed by atoms with E-state index < -0.39 is 22.3 Å². The number of unbranched alkanes of at least 4 members (excludes halogenated alkanes) is 1. The summed E-state index contributed by atoms with van der Waals surface area (Å²) in [5.74, 6) is -0.624. The molecule has 1 aliphatic rings. The fraction of sp³-hybridized carbons (Fsp3) is 0.308. The zero-order valence-electron chi connectivity index (χ0n) is 28.9. The van der Waals surface area contributed by atoms with Gasteiger partial charge in [-0.3, -0.25) is 4.79 Å². The lowest BCUT2D eigenvalue weighted by atomic mass is 9.83. The van der Waals surface area contributed by atoms with Crippen LogP contribution in [0.15, 0.2) is 97.1 Å². The van der Waals surface area contributed by atoms with Crippen LogP contribution in [-0.4, -0.2) is 91.7 Å². The third-order valence-electron chi connectivity index (χ3n) is 9.27. The molecule has 0 spiro atoms. The molecule has 10 nitrogen and oxygen atoms in total. The number of rotatable bonds is 12. The number of aryl methyl sites for hydroxylation is 1. The first-order valence-electron chi connectivity index (χ1n) is 16.9. The zero-order chi connectivity index (χ0) is 36.3. The van der Waals surface area contributed by atoms with Gasteiger partial charge in [-0.2, -0.15) is 8.42 Å². The minimum absolute atomic E-state index is 0.0836. The molecule has 1 amide bonds. The number of aromatic nitrogens is 1. The molecule has 0 bridgehead atoms. The number of hydrogen-bond acceptors (Lipinski definition) is 8. The van der Waals surface area contributed by atoms with Crippen molar-refractivity contribution in [1.82, 2.24) is 14.4 Å². The van der Waals surface area contributed by atoms with Crippen LogP contribution in [0.1, 0.15) is 45.9 Å². The number of benzene rings is 4. The van der Waals surface area contributed by atoms with Crippen molar-refractivity contribution in [3.05, 3.63) is 124 Å². The Labute approximate surface area is 304 Å². The summed E-state index contributed by atoms with van der Waals surface area (Å²) in [6, 6.07) is 29.0. The van der Waals surface area contributed by atoms with Crippen molar-refractivity contribution < 1.29 is 27.6 Å². The zero-order valence-corrected chi connectivity index (χ0v) is 30.5. The topological polar surface area (TPSA) is 116 Å². The Balaban J connectivity index is 1.54. The van der Waals surface area contributed by atoms with Crippen LogP contribution in [-0.2, 0) is 20.8 Å². The molecule has 0 aliphatic carbocycles. The number of hydrogen-bond donors (Lipinski definition) is 2. The molecule has 4 aromatic carbocycles. The molecule has 1 atom stereocenters. The van der Waals surface area contributed by atoms with Crippen LogP contribution in [0.25, 0.3) is 10.9 Å². The van der Waals surface area contributed by atoms with E-state index in [0.29, 0.717) is 23.8 Å². The fourth-order valence-corrected chi connectivity index (χ4v) is 7.80. The van der Waals surface area contributed by atoms with Crippen molar-refractivity contribution >= 4 is 44.2 Å². The quantitative estimate of drug-likeness (QED) is 0.111. The smallest absolute Gasteiger partial charge is 0.273 e. The monoisotopic (exact) mass is 730 g/mol. The van der Waals surface area contributed by atoms with E-state index in [1.54, 1.807) is 30.3 Å². The Kier molecular flexibility index (Phi) is 10.9. The number of amides is 1. The molecule has 2 heterocycles. The Morgan fingerprint density at radius 3 is 2.10 bits per heavy atom. The molecular weight excluding hydrogens is 688 g/mol. The van der Waals surface area contributed by atoms with Crippen LogP contribution < -0.4 is 4.90 Å². The van der Waals surface area contributed by atoms with Gasteiger partial charge in [0.05, 0.1) is 23.5 Å². The highest BCUT2D eigenvalue weighted by molar-refractivity contribution is 7.86. The highest BCUT2D eigenvalue weighted by Gasteiger charge is 2.39. The molecule has 2 N–H and O–H groups in total. The van der Waals surface area contributed by atoms with Crippen molar-refractivity contribution in [3.8, 4) is 11.5 Å². The second-order valence-corrected chi connectivity index (χ2v) is 15.2. The first-order chi connectivity index (χ1) is 24.4. The van der Waals surface area contributed by atoms with Gasteiger partial charge in [0.1, 0.15) is 17.2 Å². The standard InChI is InChI=1S/C39H43ClN4O6S/c1-41(2)22-8-9-23-43-33-12-6-4-10-31(33)37(36(27-14-18-29(45)19-15-27)28-16-20-30(46)21-17-28)38(43)39(47)44-25-24-42(26-35(44)50-51(3,48)49)34-13-7-5-11-32(34)40/h4-7,10-21,35-36,45-46H,8-9,22-26H2,1-3H3. The van der Waals surface area contributed by atoms with Crippen LogP contribution in [0.2, 0.25) is 5.02 Å². The van der Waals surface area contributed by atoms with Gasteiger partial charge < -0.3 is 29.5 Å². The van der Waals surface area contributed by atoms with Gasteiger partial charge in [-0.25, -0.2) is 4.18 Å². The number of phenols is 2. The van der Waals surface area contributed by atoms with E-state index in [-0.39, 0.29) is 30.5 Å². The number of piperazine rings is 1. The molecule has 1 fully saturated rings. The van der Waals surface area contributed by atoms with E-state index in [9.17, 15) is 18.6 Å². The number of para-hydroxylation sites is 2. The van der Waals surface area contributed by atoms with Crippen molar-refractivity contribution in [2.75, 3.05) is 51.4 Å². The normalized spacial score (nSPS) is 15.3. The van der Waals surface area contributed by atoms with Gasteiger partial charge >= 0.3 is 0 Å². The molecule has 1 aromatic heterocycles. The number of carbonyl (C=O) groups is 1. The molecule has 51 heavy (non-hydrogen) atoms. The van der Waals surface area contributed by atoms with Crippen LogP contribution in [0, 0.1) is 0 Å². The summed E-state index contributed by atoms with van der Waals surface area (Å²) in [6.45, 7) is 2.09. The van der Waals surface area contributed by atoms with Crippen molar-refractivity contribution in [3.63, 3.8) is 0 Å². The number of fused-ring (bicyclic) bond motifs is 1. The van der Waals surface area contributed by atoms with E-state index in [1.807, 2.05) is 85.7 Å². The van der Waals surface area contributed by atoms with Crippen LogP contribution in [0.4, 0.5) is 5.69 Å². The Morgan fingerprint density at radius 2 is 1.49 bits per heavy atom. The average Bonchev–Trinajstić information content (AvgIpc) is 3.41. The first-order valence-corrected chi connectivity index (χ1v) is 19.1. The number of carbonyl (C=O) groups excluding carboxylic acids is 1. The maximum atomic E-state index is 15.3. The highest BCUT2D eigenvalue weighted by atomic mass is 35.5. The van der Waals surface area contributed by atoms with Crippen LogP contribution in [0.5, 0.6) is 11.5 Å². The van der Waals surface area contributed by atoms with Gasteiger partial charge in [-0.1, -0.05) is 66.2 Å². The Hall–Kier alpha value is -4.55. The predicted octanol–water partition coefficient (Wildman–Crippen LogP) is 6.49. The van der Waals surface area contributed by atoms with E-state index >= 15 is 4.79 Å². The number of phenolic OH excluding ortho intramolecular Hbond substituents is 2. The van der Waals surface area contributed by atoms with Gasteiger partial charge in [-0.05, 0) is 87.1 Å². The lowest BCUT2D eigenvalue weighted by Gasteiger charge is -2.41. The number of nitrogens with zero attached hydrogens (tertiary/aromatic N) is 4. The Bertz CT molecular complexity index is 2060. The first kappa shape index (κ1) is 36.2. The number of anilines is 1. The van der Waals surface area contributed by atoms with E-state index in [0.717, 1.165) is 58.9 Å². The number of halogens is 1. The highest BCUT2D eigenvalue weighted by Crippen LogP contribution is 2.42. The maximum Gasteiger partial charge on any atom is 0.273 e. The van der Waals surface area contributed by atoms with Gasteiger partial charge in [0.15, 0.2) is 6.23 Å². The molecule has 5 aromatic rings. The van der Waals surface area contributed by atoms with Crippen LogP contribution >= 0.6 is 11.6 Å². The maximum absolute atomic E-state index is 15.3. The minimum atomic E-state index is -3.98. The largest absolute Gasteiger partial charge is 0.508 e.